The summed E-state index contributed by atoms with van der Waals surface area (Å²) in [4.78, 5) is 4.47. The zero-order valence-electron chi connectivity index (χ0n) is 12.9. The van der Waals surface area contributed by atoms with Gasteiger partial charge in [-0.05, 0) is 25.1 Å². The molecular weight excluding hydrogens is 347 g/mol. The number of para-hydroxylation sites is 1. The van der Waals surface area contributed by atoms with E-state index in [0.717, 1.165) is 0 Å². The highest BCUT2D eigenvalue weighted by molar-refractivity contribution is 7.92. The molecule has 1 aromatic heterocycles. The van der Waals surface area contributed by atoms with Gasteiger partial charge in [0.25, 0.3) is 0 Å². The van der Waals surface area contributed by atoms with Crippen LogP contribution in [0.5, 0.6) is 0 Å². The van der Waals surface area contributed by atoms with Gasteiger partial charge in [0.05, 0.1) is 17.1 Å². The smallest absolute Gasteiger partial charge is 0.232 e. The van der Waals surface area contributed by atoms with Crippen LogP contribution in [0.2, 0.25) is 0 Å². The van der Waals surface area contributed by atoms with Crippen LogP contribution in [0.3, 0.4) is 0 Å². The highest BCUT2D eigenvalue weighted by atomic mass is 32.2. The van der Waals surface area contributed by atoms with Gasteiger partial charge in [-0.3, -0.25) is 4.72 Å². The number of thiazole rings is 1. The van der Waals surface area contributed by atoms with Crippen molar-refractivity contribution >= 4 is 27.0 Å². The Labute approximate surface area is 144 Å². The van der Waals surface area contributed by atoms with Crippen LogP contribution in [-0.2, 0) is 10.0 Å². The number of nitrogens with one attached hydrogen (secondary N) is 1. The number of hydrogen-bond donors (Lipinski definition) is 1. The van der Waals surface area contributed by atoms with Gasteiger partial charge in [0.15, 0.2) is 0 Å². The fraction of sp³-hybridized carbons (Fsp3) is 0.118. The molecule has 0 amide bonds. The first-order valence-corrected chi connectivity index (χ1v) is 9.83. The number of halogens is 1. The van der Waals surface area contributed by atoms with Crippen molar-refractivity contribution in [3.8, 4) is 21.8 Å². The lowest BCUT2D eigenvalue weighted by Crippen LogP contribution is -2.15. The van der Waals surface area contributed by atoms with E-state index in [9.17, 15) is 12.8 Å². The van der Waals surface area contributed by atoms with Crippen molar-refractivity contribution in [1.29, 1.82) is 0 Å². The largest absolute Gasteiger partial charge is 0.283 e. The third-order valence-electron chi connectivity index (χ3n) is 3.46. The number of benzene rings is 2. The summed E-state index contributed by atoms with van der Waals surface area (Å²) in [5.74, 6) is -0.350. The summed E-state index contributed by atoms with van der Waals surface area (Å²) in [7, 11) is -3.39. The van der Waals surface area contributed by atoms with Crippen molar-refractivity contribution in [3.63, 3.8) is 0 Å². The number of nitrogens with zero attached hydrogens (tertiary/aromatic N) is 1. The maximum atomic E-state index is 13.9. The van der Waals surface area contributed by atoms with Crippen molar-refractivity contribution in [2.45, 2.75) is 6.92 Å². The molecule has 0 saturated heterocycles. The molecule has 7 heteroatoms. The molecule has 0 spiro atoms. The van der Waals surface area contributed by atoms with Gasteiger partial charge in [-0.2, -0.15) is 0 Å². The van der Waals surface area contributed by atoms with Crippen molar-refractivity contribution < 1.29 is 12.8 Å². The van der Waals surface area contributed by atoms with E-state index in [1.165, 1.54) is 17.4 Å². The molecule has 0 aliphatic carbocycles. The summed E-state index contributed by atoms with van der Waals surface area (Å²) in [6, 6.07) is 13.5. The minimum absolute atomic E-state index is 0.0150. The first-order chi connectivity index (χ1) is 11.5. The minimum Gasteiger partial charge on any atom is -0.283 e. The molecule has 24 heavy (non-hydrogen) atoms. The van der Waals surface area contributed by atoms with Crippen LogP contribution in [0.4, 0.5) is 10.1 Å². The third-order valence-corrected chi connectivity index (χ3v) is 5.62. The van der Waals surface area contributed by atoms with Crippen LogP contribution in [0.15, 0.2) is 53.9 Å². The number of anilines is 1. The lowest BCUT2D eigenvalue weighted by Gasteiger charge is -2.10. The predicted octanol–water partition coefficient (Wildman–Crippen LogP) is 4.38. The number of rotatable bonds is 5. The van der Waals surface area contributed by atoms with Gasteiger partial charge in [-0.15, -0.1) is 11.3 Å². The average molecular weight is 362 g/mol. The molecule has 0 unspecified atom stereocenters. The normalized spacial score (nSPS) is 11.4. The molecule has 0 radical (unpaired) electrons. The molecule has 1 heterocycles. The molecule has 3 aromatic rings. The highest BCUT2D eigenvalue weighted by Crippen LogP contribution is 2.33. The Balaban J connectivity index is 2.01. The summed E-state index contributed by atoms with van der Waals surface area (Å²) in [6.45, 7) is 1.57. The van der Waals surface area contributed by atoms with Crippen molar-refractivity contribution in [2.24, 2.45) is 0 Å². The quantitative estimate of drug-likeness (QED) is 0.733. The summed E-state index contributed by atoms with van der Waals surface area (Å²) in [5.41, 5.74) is 2.16. The van der Waals surface area contributed by atoms with E-state index in [2.05, 4.69) is 9.71 Å². The topological polar surface area (TPSA) is 59.1 Å². The fourth-order valence-electron chi connectivity index (χ4n) is 2.19. The second kappa shape index (κ2) is 6.70. The second-order valence-electron chi connectivity index (χ2n) is 5.07. The van der Waals surface area contributed by atoms with E-state index < -0.39 is 10.0 Å². The molecule has 4 nitrogen and oxygen atoms in total. The molecule has 0 atom stereocenters. The fourth-order valence-corrected chi connectivity index (χ4v) is 3.69. The number of sulfonamides is 1. The summed E-state index contributed by atoms with van der Waals surface area (Å²) < 4.78 is 40.2. The van der Waals surface area contributed by atoms with E-state index in [0.29, 0.717) is 27.5 Å². The number of hydrogen-bond acceptors (Lipinski definition) is 4. The molecule has 2 aromatic carbocycles. The van der Waals surface area contributed by atoms with Crippen molar-refractivity contribution in [3.05, 3.63) is 59.7 Å². The minimum atomic E-state index is -3.39. The molecule has 1 N–H and O–H groups in total. The van der Waals surface area contributed by atoms with E-state index in [4.69, 9.17) is 0 Å². The Morgan fingerprint density at radius 2 is 1.75 bits per heavy atom. The summed E-state index contributed by atoms with van der Waals surface area (Å²) in [5, 5.41) is 2.34. The predicted molar refractivity (Wildman–Crippen MR) is 96.0 cm³/mol. The van der Waals surface area contributed by atoms with Crippen molar-refractivity contribution in [2.75, 3.05) is 10.5 Å². The van der Waals surface area contributed by atoms with Gasteiger partial charge < -0.3 is 0 Å². The summed E-state index contributed by atoms with van der Waals surface area (Å²) in [6.07, 6.45) is 0. The number of aromatic nitrogens is 1. The standard InChI is InChI=1S/C17H15FN2O2S2/c1-2-24(21,22)20-15-10-6-4-8-13(15)16-11-23-17(19-16)12-7-3-5-9-14(12)18/h3-11,20H,2H2,1H3. The molecule has 0 bridgehead atoms. The van der Waals surface area contributed by atoms with Crippen molar-refractivity contribution in [1.82, 2.24) is 4.98 Å². The lowest BCUT2D eigenvalue weighted by atomic mass is 10.1. The van der Waals surface area contributed by atoms with Gasteiger partial charge in [-0.1, -0.05) is 30.3 Å². The van der Waals surface area contributed by atoms with Gasteiger partial charge in [-0.25, -0.2) is 17.8 Å². The third kappa shape index (κ3) is 3.47. The molecule has 124 valence electrons. The van der Waals surface area contributed by atoms with Crippen LogP contribution >= 0.6 is 11.3 Å². The molecule has 0 aliphatic rings. The van der Waals surface area contributed by atoms with Gasteiger partial charge in [0, 0.05) is 16.5 Å². The lowest BCUT2D eigenvalue weighted by molar-refractivity contribution is 0.602. The maximum absolute atomic E-state index is 13.9. The van der Waals surface area contributed by atoms with Crippen LogP contribution in [0.1, 0.15) is 6.92 Å². The average Bonchev–Trinajstić information content (AvgIpc) is 3.05. The molecule has 3 rings (SSSR count). The Kier molecular flexibility index (Phi) is 4.64. The Bertz CT molecular complexity index is 968. The maximum Gasteiger partial charge on any atom is 0.232 e. The van der Waals surface area contributed by atoms with Crippen LogP contribution in [-0.4, -0.2) is 19.2 Å². The molecular formula is C17H15FN2O2S2. The monoisotopic (exact) mass is 362 g/mol. The zero-order valence-corrected chi connectivity index (χ0v) is 14.5. The Morgan fingerprint density at radius 3 is 2.46 bits per heavy atom. The van der Waals surface area contributed by atoms with E-state index in [1.807, 2.05) is 0 Å². The van der Waals surface area contributed by atoms with Crippen LogP contribution < -0.4 is 4.72 Å². The van der Waals surface area contributed by atoms with Gasteiger partial charge in [0.2, 0.25) is 10.0 Å². The van der Waals surface area contributed by atoms with Crippen LogP contribution in [0.25, 0.3) is 21.8 Å². The van der Waals surface area contributed by atoms with E-state index in [-0.39, 0.29) is 11.6 Å². The Hall–Kier alpha value is -2.25. The summed E-state index contributed by atoms with van der Waals surface area (Å²) >= 11 is 1.32. The molecule has 0 fully saturated rings. The van der Waals surface area contributed by atoms with E-state index >= 15 is 0 Å². The molecule has 0 saturated carbocycles. The van der Waals surface area contributed by atoms with Gasteiger partial charge >= 0.3 is 0 Å². The SMILES string of the molecule is CCS(=O)(=O)Nc1ccccc1-c1csc(-c2ccccc2F)n1. The highest BCUT2D eigenvalue weighted by Gasteiger charge is 2.15. The molecule has 0 aliphatic heterocycles. The zero-order chi connectivity index (χ0) is 17.2. The van der Waals surface area contributed by atoms with E-state index in [1.54, 1.807) is 54.8 Å². The Morgan fingerprint density at radius 1 is 1.08 bits per heavy atom. The second-order valence-corrected chi connectivity index (χ2v) is 7.94. The van der Waals surface area contributed by atoms with Gasteiger partial charge in [0.1, 0.15) is 10.8 Å². The van der Waals surface area contributed by atoms with Crippen LogP contribution in [0, 0.1) is 5.82 Å². The first-order valence-electron chi connectivity index (χ1n) is 7.30. The first kappa shape index (κ1) is 16.6.